The predicted octanol–water partition coefficient (Wildman–Crippen LogP) is 4.70. The van der Waals surface area contributed by atoms with E-state index in [2.05, 4.69) is 24.1 Å². The first-order valence-electron chi connectivity index (χ1n) is 11.2. The van der Waals surface area contributed by atoms with E-state index in [-0.39, 0.29) is 12.5 Å². The monoisotopic (exact) mass is 448 g/mol. The SMILES string of the molecule is CCN(CC)CC(O)COc1ccc(NC(=O)c2ccc(-c3ccccc3)cc2)cc1OC. The van der Waals surface area contributed by atoms with Gasteiger partial charge >= 0.3 is 0 Å². The van der Waals surface area contributed by atoms with Gasteiger partial charge in [0.1, 0.15) is 12.7 Å². The molecule has 3 aromatic rings. The number of amides is 1. The van der Waals surface area contributed by atoms with Gasteiger partial charge in [0.05, 0.1) is 7.11 Å². The van der Waals surface area contributed by atoms with Crippen LogP contribution in [0.4, 0.5) is 5.69 Å². The summed E-state index contributed by atoms with van der Waals surface area (Å²) in [6.45, 7) is 6.58. The fourth-order valence-corrected chi connectivity index (χ4v) is 3.53. The summed E-state index contributed by atoms with van der Waals surface area (Å²) in [5.74, 6) is 0.795. The number of likely N-dealkylation sites (N-methyl/N-ethyl adjacent to an activating group) is 1. The molecule has 3 aromatic carbocycles. The second kappa shape index (κ2) is 12.0. The lowest BCUT2D eigenvalue weighted by atomic mass is 10.0. The molecule has 1 atom stereocenters. The average molecular weight is 449 g/mol. The summed E-state index contributed by atoms with van der Waals surface area (Å²) >= 11 is 0. The van der Waals surface area contributed by atoms with Crippen molar-refractivity contribution in [3.8, 4) is 22.6 Å². The van der Waals surface area contributed by atoms with Crippen LogP contribution in [0.2, 0.25) is 0 Å². The van der Waals surface area contributed by atoms with Crippen LogP contribution in [0.5, 0.6) is 11.5 Å². The Morgan fingerprint density at radius 2 is 1.61 bits per heavy atom. The highest BCUT2D eigenvalue weighted by Gasteiger charge is 2.13. The van der Waals surface area contributed by atoms with E-state index in [1.54, 1.807) is 25.3 Å². The van der Waals surface area contributed by atoms with Crippen LogP contribution in [-0.4, -0.2) is 55.4 Å². The summed E-state index contributed by atoms with van der Waals surface area (Å²) in [6.07, 6.45) is -0.604. The maximum atomic E-state index is 12.7. The third-order valence-corrected chi connectivity index (χ3v) is 5.47. The minimum Gasteiger partial charge on any atom is -0.493 e. The molecule has 0 saturated heterocycles. The number of aliphatic hydroxyl groups is 1. The van der Waals surface area contributed by atoms with Gasteiger partial charge < -0.3 is 24.8 Å². The van der Waals surface area contributed by atoms with Gasteiger partial charge in [-0.2, -0.15) is 0 Å². The Balaban J connectivity index is 1.61. The topological polar surface area (TPSA) is 71.0 Å². The lowest BCUT2D eigenvalue weighted by Crippen LogP contribution is -2.35. The van der Waals surface area contributed by atoms with Crippen molar-refractivity contribution in [2.75, 3.05) is 38.7 Å². The number of benzene rings is 3. The standard InChI is InChI=1S/C27H32N2O4/c1-4-29(5-2)18-24(30)19-33-25-16-15-23(17-26(25)32-3)28-27(31)22-13-11-21(12-14-22)20-9-7-6-8-10-20/h6-17,24,30H,4-5,18-19H2,1-3H3,(H,28,31). The second-order valence-electron chi connectivity index (χ2n) is 7.71. The number of hydrogen-bond donors (Lipinski definition) is 2. The molecule has 1 amide bonds. The van der Waals surface area contributed by atoms with E-state index in [1.165, 1.54) is 0 Å². The molecular formula is C27H32N2O4. The molecule has 3 rings (SSSR count). The fourth-order valence-electron chi connectivity index (χ4n) is 3.53. The van der Waals surface area contributed by atoms with Crippen molar-refractivity contribution in [2.24, 2.45) is 0 Å². The molecule has 0 aliphatic rings. The van der Waals surface area contributed by atoms with Gasteiger partial charge in [-0.05, 0) is 48.5 Å². The van der Waals surface area contributed by atoms with Crippen molar-refractivity contribution >= 4 is 11.6 Å². The second-order valence-corrected chi connectivity index (χ2v) is 7.71. The van der Waals surface area contributed by atoms with E-state index in [4.69, 9.17) is 9.47 Å². The highest BCUT2D eigenvalue weighted by molar-refractivity contribution is 6.04. The maximum Gasteiger partial charge on any atom is 0.255 e. The van der Waals surface area contributed by atoms with Crippen molar-refractivity contribution in [2.45, 2.75) is 20.0 Å². The number of carbonyl (C=O) groups is 1. The smallest absolute Gasteiger partial charge is 0.255 e. The molecule has 6 nitrogen and oxygen atoms in total. The number of ether oxygens (including phenoxy) is 2. The number of methoxy groups -OCH3 is 1. The molecule has 0 heterocycles. The first kappa shape index (κ1) is 24.3. The first-order valence-corrected chi connectivity index (χ1v) is 11.2. The van der Waals surface area contributed by atoms with Gasteiger partial charge in [-0.25, -0.2) is 0 Å². The van der Waals surface area contributed by atoms with Crippen LogP contribution < -0.4 is 14.8 Å². The highest BCUT2D eigenvalue weighted by atomic mass is 16.5. The Bertz CT molecular complexity index is 1020. The van der Waals surface area contributed by atoms with E-state index in [0.29, 0.717) is 29.3 Å². The molecule has 6 heteroatoms. The van der Waals surface area contributed by atoms with E-state index < -0.39 is 6.10 Å². The van der Waals surface area contributed by atoms with Crippen molar-refractivity contribution in [3.63, 3.8) is 0 Å². The molecular weight excluding hydrogens is 416 g/mol. The molecule has 174 valence electrons. The number of nitrogens with zero attached hydrogens (tertiary/aromatic N) is 1. The van der Waals surface area contributed by atoms with Crippen LogP contribution in [0.1, 0.15) is 24.2 Å². The van der Waals surface area contributed by atoms with Gasteiger partial charge in [0.15, 0.2) is 11.5 Å². The molecule has 0 aliphatic carbocycles. The summed E-state index contributed by atoms with van der Waals surface area (Å²) in [6, 6.07) is 22.7. The Kier molecular flexibility index (Phi) is 8.87. The summed E-state index contributed by atoms with van der Waals surface area (Å²) in [5.41, 5.74) is 3.32. The van der Waals surface area contributed by atoms with Crippen LogP contribution in [0.3, 0.4) is 0 Å². The quantitative estimate of drug-likeness (QED) is 0.445. The lowest BCUT2D eigenvalue weighted by Gasteiger charge is -2.22. The third kappa shape index (κ3) is 6.81. The van der Waals surface area contributed by atoms with Gasteiger partial charge in [-0.1, -0.05) is 56.3 Å². The Hall–Kier alpha value is -3.35. The Morgan fingerprint density at radius 1 is 0.939 bits per heavy atom. The van der Waals surface area contributed by atoms with Crippen LogP contribution in [0.25, 0.3) is 11.1 Å². The van der Waals surface area contributed by atoms with Crippen molar-refractivity contribution in [1.29, 1.82) is 0 Å². The summed E-state index contributed by atoms with van der Waals surface area (Å²) < 4.78 is 11.2. The molecule has 0 radical (unpaired) electrons. The van der Waals surface area contributed by atoms with E-state index in [9.17, 15) is 9.90 Å². The largest absolute Gasteiger partial charge is 0.493 e. The number of carbonyl (C=O) groups excluding carboxylic acids is 1. The van der Waals surface area contributed by atoms with Crippen LogP contribution >= 0.6 is 0 Å². The molecule has 0 aliphatic heterocycles. The van der Waals surface area contributed by atoms with Crippen LogP contribution in [0, 0.1) is 0 Å². The molecule has 0 spiro atoms. The Morgan fingerprint density at radius 3 is 2.24 bits per heavy atom. The summed E-state index contributed by atoms with van der Waals surface area (Å²) in [5, 5.41) is 13.1. The number of anilines is 1. The van der Waals surface area contributed by atoms with Crippen LogP contribution in [0.15, 0.2) is 72.8 Å². The van der Waals surface area contributed by atoms with E-state index in [0.717, 1.165) is 24.2 Å². The normalized spacial score (nSPS) is 11.8. The van der Waals surface area contributed by atoms with Crippen molar-refractivity contribution < 1.29 is 19.4 Å². The lowest BCUT2D eigenvalue weighted by molar-refractivity contribution is 0.0706. The fraction of sp³-hybridized carbons (Fsp3) is 0.296. The van der Waals surface area contributed by atoms with E-state index >= 15 is 0 Å². The minimum absolute atomic E-state index is 0.159. The number of hydrogen-bond acceptors (Lipinski definition) is 5. The number of nitrogens with one attached hydrogen (secondary N) is 1. The number of aliphatic hydroxyl groups excluding tert-OH is 1. The van der Waals surface area contributed by atoms with E-state index in [1.807, 2.05) is 54.6 Å². The van der Waals surface area contributed by atoms with Crippen molar-refractivity contribution in [1.82, 2.24) is 4.90 Å². The van der Waals surface area contributed by atoms with Gasteiger partial charge in [0.25, 0.3) is 5.91 Å². The highest BCUT2D eigenvalue weighted by Crippen LogP contribution is 2.30. The van der Waals surface area contributed by atoms with Gasteiger partial charge in [0.2, 0.25) is 0 Å². The third-order valence-electron chi connectivity index (χ3n) is 5.47. The molecule has 1 unspecified atom stereocenters. The Labute approximate surface area is 195 Å². The first-order chi connectivity index (χ1) is 16.0. The van der Waals surface area contributed by atoms with Crippen molar-refractivity contribution in [3.05, 3.63) is 78.4 Å². The van der Waals surface area contributed by atoms with Gasteiger partial charge in [0, 0.05) is 23.9 Å². The zero-order valence-electron chi connectivity index (χ0n) is 19.5. The van der Waals surface area contributed by atoms with Gasteiger partial charge in [-0.3, -0.25) is 4.79 Å². The van der Waals surface area contributed by atoms with Gasteiger partial charge in [-0.15, -0.1) is 0 Å². The molecule has 0 aromatic heterocycles. The zero-order chi connectivity index (χ0) is 23.6. The average Bonchev–Trinajstić information content (AvgIpc) is 2.87. The molecule has 33 heavy (non-hydrogen) atoms. The zero-order valence-corrected chi connectivity index (χ0v) is 19.5. The molecule has 0 fully saturated rings. The predicted molar refractivity (Wildman–Crippen MR) is 132 cm³/mol. The summed E-state index contributed by atoms with van der Waals surface area (Å²) in [4.78, 5) is 14.8. The molecule has 2 N–H and O–H groups in total. The summed E-state index contributed by atoms with van der Waals surface area (Å²) in [7, 11) is 1.54. The number of rotatable bonds is 11. The molecule has 0 saturated carbocycles. The van der Waals surface area contributed by atoms with Crippen LogP contribution in [-0.2, 0) is 0 Å². The minimum atomic E-state index is -0.604. The maximum absolute atomic E-state index is 12.7. The molecule has 0 bridgehead atoms.